The van der Waals surface area contributed by atoms with Crippen LogP contribution in [0, 0.1) is 5.92 Å². The zero-order valence-electron chi connectivity index (χ0n) is 16.1. The Hall–Kier alpha value is -2.24. The van der Waals surface area contributed by atoms with Crippen LogP contribution in [0.2, 0.25) is 0 Å². The molecule has 27 heavy (non-hydrogen) atoms. The lowest BCUT2D eigenvalue weighted by Crippen LogP contribution is -2.59. The number of amides is 3. The molecule has 0 aliphatic heterocycles. The van der Waals surface area contributed by atoms with E-state index in [1.165, 1.54) is 20.8 Å². The molecule has 0 bridgehead atoms. The van der Waals surface area contributed by atoms with Crippen LogP contribution in [0.1, 0.15) is 34.6 Å². The van der Waals surface area contributed by atoms with Crippen LogP contribution in [-0.2, 0) is 19.2 Å². The molecular formula is C16H30N4O7. The van der Waals surface area contributed by atoms with Crippen molar-refractivity contribution in [2.45, 2.75) is 71.0 Å². The molecule has 0 radical (unpaired) electrons. The molecule has 0 spiro atoms. The fourth-order valence-electron chi connectivity index (χ4n) is 2.04. The van der Waals surface area contributed by atoms with Gasteiger partial charge in [-0.15, -0.1) is 0 Å². The second kappa shape index (κ2) is 10.8. The van der Waals surface area contributed by atoms with E-state index in [4.69, 9.17) is 10.8 Å². The Bertz CT molecular complexity index is 551. The molecule has 6 atom stereocenters. The molecule has 6 unspecified atom stereocenters. The van der Waals surface area contributed by atoms with Crippen LogP contribution in [0.4, 0.5) is 0 Å². The third-order valence-corrected chi connectivity index (χ3v) is 3.87. The van der Waals surface area contributed by atoms with Crippen molar-refractivity contribution in [3.8, 4) is 0 Å². The van der Waals surface area contributed by atoms with Crippen LogP contribution >= 0.6 is 0 Å². The van der Waals surface area contributed by atoms with Gasteiger partial charge in [0, 0.05) is 0 Å². The maximum absolute atomic E-state index is 12.3. The summed E-state index contributed by atoms with van der Waals surface area (Å²) in [7, 11) is 0. The van der Waals surface area contributed by atoms with Gasteiger partial charge in [0.15, 0.2) is 6.04 Å². The fourth-order valence-corrected chi connectivity index (χ4v) is 2.04. The topological polar surface area (TPSA) is 191 Å². The fraction of sp³-hybridized carbons (Fsp3) is 0.750. The molecule has 0 aliphatic rings. The molecule has 0 aromatic heterocycles. The maximum atomic E-state index is 12.3. The molecule has 0 aliphatic carbocycles. The van der Waals surface area contributed by atoms with E-state index in [1.54, 1.807) is 13.8 Å². The molecule has 0 saturated carbocycles. The minimum Gasteiger partial charge on any atom is -0.480 e. The van der Waals surface area contributed by atoms with Gasteiger partial charge in [0.05, 0.1) is 12.2 Å². The number of aliphatic hydroxyl groups excluding tert-OH is 2. The van der Waals surface area contributed by atoms with Crippen molar-refractivity contribution >= 4 is 23.7 Å². The van der Waals surface area contributed by atoms with Crippen molar-refractivity contribution in [3.63, 3.8) is 0 Å². The predicted molar refractivity (Wildman–Crippen MR) is 95.3 cm³/mol. The minimum absolute atomic E-state index is 0.403. The van der Waals surface area contributed by atoms with Gasteiger partial charge in [-0.25, -0.2) is 4.79 Å². The van der Waals surface area contributed by atoms with E-state index in [9.17, 15) is 29.4 Å². The summed E-state index contributed by atoms with van der Waals surface area (Å²) < 4.78 is 0. The molecule has 0 fully saturated rings. The normalized spacial score (nSPS) is 17.8. The standard InChI is InChI=1S/C16H30N4O7/c1-6(2)11(15(25)20-12(9(5)22)16(26)27)19-13(23)7(3)18-14(24)10(17)8(4)21/h6-12,21-22H,17H2,1-5H3,(H,18,24)(H,19,23)(H,20,25)(H,26,27). The summed E-state index contributed by atoms with van der Waals surface area (Å²) >= 11 is 0. The average Bonchev–Trinajstić information content (AvgIpc) is 2.54. The summed E-state index contributed by atoms with van der Waals surface area (Å²) in [6.07, 6.45) is -2.45. The summed E-state index contributed by atoms with van der Waals surface area (Å²) in [5, 5.41) is 34.7. The SMILES string of the molecule is CC(NC(=O)C(N)C(C)O)C(=O)NC(C(=O)NC(C(=O)O)C(C)O)C(C)C. The molecule has 11 nitrogen and oxygen atoms in total. The summed E-state index contributed by atoms with van der Waals surface area (Å²) in [6, 6.07) is -4.89. The van der Waals surface area contributed by atoms with Crippen LogP contribution < -0.4 is 21.7 Å². The maximum Gasteiger partial charge on any atom is 0.328 e. The molecule has 0 aromatic carbocycles. The number of nitrogens with two attached hydrogens (primary N) is 1. The van der Waals surface area contributed by atoms with Gasteiger partial charge in [-0.3, -0.25) is 14.4 Å². The number of carbonyl (C=O) groups is 4. The van der Waals surface area contributed by atoms with Crippen LogP contribution in [-0.4, -0.2) is 75.4 Å². The predicted octanol–water partition coefficient (Wildman–Crippen LogP) is -2.71. The first-order chi connectivity index (χ1) is 12.3. The third kappa shape index (κ3) is 7.89. The number of hydrogen-bond donors (Lipinski definition) is 7. The van der Waals surface area contributed by atoms with E-state index in [-0.39, 0.29) is 0 Å². The molecule has 3 amide bonds. The molecule has 0 aromatic rings. The lowest BCUT2D eigenvalue weighted by Gasteiger charge is -2.26. The first-order valence-corrected chi connectivity index (χ1v) is 8.55. The largest absolute Gasteiger partial charge is 0.480 e. The zero-order valence-corrected chi connectivity index (χ0v) is 16.1. The Kier molecular flexibility index (Phi) is 9.90. The van der Waals surface area contributed by atoms with Gasteiger partial charge in [0.2, 0.25) is 17.7 Å². The van der Waals surface area contributed by atoms with Gasteiger partial charge in [-0.1, -0.05) is 13.8 Å². The quantitative estimate of drug-likeness (QED) is 0.209. The van der Waals surface area contributed by atoms with Gasteiger partial charge in [0.1, 0.15) is 18.1 Å². The Morgan fingerprint density at radius 1 is 0.741 bits per heavy atom. The zero-order chi connectivity index (χ0) is 21.5. The number of aliphatic hydroxyl groups is 2. The van der Waals surface area contributed by atoms with E-state index in [2.05, 4.69) is 16.0 Å². The van der Waals surface area contributed by atoms with Crippen molar-refractivity contribution in [1.29, 1.82) is 0 Å². The molecule has 8 N–H and O–H groups in total. The average molecular weight is 390 g/mol. The highest BCUT2D eigenvalue weighted by molar-refractivity contribution is 5.94. The van der Waals surface area contributed by atoms with Gasteiger partial charge >= 0.3 is 5.97 Å². The van der Waals surface area contributed by atoms with Crippen molar-refractivity contribution in [1.82, 2.24) is 16.0 Å². The Labute approximate surface area is 157 Å². The summed E-state index contributed by atoms with van der Waals surface area (Å²) in [4.78, 5) is 47.5. The lowest BCUT2D eigenvalue weighted by molar-refractivity contribution is -0.145. The summed E-state index contributed by atoms with van der Waals surface area (Å²) in [5.41, 5.74) is 5.48. The first-order valence-electron chi connectivity index (χ1n) is 8.55. The van der Waals surface area contributed by atoms with Gasteiger partial charge in [0.25, 0.3) is 0 Å². The van der Waals surface area contributed by atoms with Gasteiger partial charge < -0.3 is 37.0 Å². The van der Waals surface area contributed by atoms with Crippen molar-refractivity contribution in [3.05, 3.63) is 0 Å². The molecule has 0 rings (SSSR count). The Morgan fingerprint density at radius 3 is 1.59 bits per heavy atom. The molecule has 156 valence electrons. The summed E-state index contributed by atoms with van der Waals surface area (Å²) in [6.45, 7) is 7.18. The van der Waals surface area contributed by atoms with E-state index < -0.39 is 66.0 Å². The Morgan fingerprint density at radius 2 is 1.22 bits per heavy atom. The number of rotatable bonds is 10. The third-order valence-electron chi connectivity index (χ3n) is 3.87. The van der Waals surface area contributed by atoms with Crippen molar-refractivity contribution in [2.24, 2.45) is 11.7 Å². The number of carbonyl (C=O) groups excluding carboxylic acids is 3. The van der Waals surface area contributed by atoms with Crippen LogP contribution in [0.15, 0.2) is 0 Å². The number of carboxylic acids is 1. The number of nitrogens with one attached hydrogen (secondary N) is 3. The highest BCUT2D eigenvalue weighted by Gasteiger charge is 2.32. The van der Waals surface area contributed by atoms with Crippen LogP contribution in [0.3, 0.4) is 0 Å². The smallest absolute Gasteiger partial charge is 0.328 e. The van der Waals surface area contributed by atoms with E-state index in [0.29, 0.717) is 0 Å². The number of hydrogen-bond acceptors (Lipinski definition) is 7. The first kappa shape index (κ1) is 24.8. The van der Waals surface area contributed by atoms with Crippen LogP contribution in [0.5, 0.6) is 0 Å². The van der Waals surface area contributed by atoms with Crippen LogP contribution in [0.25, 0.3) is 0 Å². The van der Waals surface area contributed by atoms with E-state index >= 15 is 0 Å². The molecule has 0 saturated heterocycles. The summed E-state index contributed by atoms with van der Waals surface area (Å²) in [5.74, 6) is -4.04. The lowest BCUT2D eigenvalue weighted by atomic mass is 10.0. The Balaban J connectivity index is 5.03. The molecule has 0 heterocycles. The molecular weight excluding hydrogens is 360 g/mol. The molecule has 11 heteroatoms. The van der Waals surface area contributed by atoms with Gasteiger partial charge in [-0.2, -0.15) is 0 Å². The minimum atomic E-state index is -1.53. The number of aliphatic carboxylic acids is 1. The second-order valence-corrected chi connectivity index (χ2v) is 6.79. The highest BCUT2D eigenvalue weighted by Crippen LogP contribution is 2.05. The van der Waals surface area contributed by atoms with Gasteiger partial charge in [-0.05, 0) is 26.7 Å². The second-order valence-electron chi connectivity index (χ2n) is 6.79. The number of carboxylic acid groups (broad SMARTS) is 1. The highest BCUT2D eigenvalue weighted by atomic mass is 16.4. The van der Waals surface area contributed by atoms with Crippen molar-refractivity contribution < 1.29 is 34.5 Å². The van der Waals surface area contributed by atoms with E-state index in [0.717, 1.165) is 0 Å². The van der Waals surface area contributed by atoms with Crippen molar-refractivity contribution in [2.75, 3.05) is 0 Å². The van der Waals surface area contributed by atoms with E-state index in [1.807, 2.05) is 0 Å². The monoisotopic (exact) mass is 390 g/mol.